The van der Waals surface area contributed by atoms with Crippen LogP contribution in [0, 0.1) is 0 Å². The lowest BCUT2D eigenvalue weighted by molar-refractivity contribution is 0.0440. The summed E-state index contributed by atoms with van der Waals surface area (Å²) in [6.45, 7) is -0.170. The van der Waals surface area contributed by atoms with E-state index in [4.69, 9.17) is 13.9 Å². The Balaban J connectivity index is 1.50. The van der Waals surface area contributed by atoms with Gasteiger partial charge in [0.1, 0.15) is 11.3 Å². The summed E-state index contributed by atoms with van der Waals surface area (Å²) in [5.74, 6) is 0.183. The van der Waals surface area contributed by atoms with Gasteiger partial charge in [-0.3, -0.25) is 4.31 Å². The van der Waals surface area contributed by atoms with E-state index in [1.54, 1.807) is 36.4 Å². The molecule has 3 aromatic carbocycles. The second-order valence-corrected chi connectivity index (χ2v) is 8.82. The van der Waals surface area contributed by atoms with Gasteiger partial charge in [-0.25, -0.2) is 18.2 Å². The van der Waals surface area contributed by atoms with Crippen LogP contribution >= 0.6 is 0 Å². The van der Waals surface area contributed by atoms with Crippen molar-refractivity contribution in [2.75, 3.05) is 18.5 Å². The standard InChI is InChI=1S/C23H20N2O6S/c1-25(17-10-12-18(29-2)13-11-17)32(27,28)19-7-5-6-16(14-19)23(26)30-15-22-24-20-8-3-4-9-21(20)31-22/h3-14H,15H2,1-2H3. The first-order chi connectivity index (χ1) is 15.4. The number of sulfonamides is 1. The summed E-state index contributed by atoms with van der Waals surface area (Å²) in [5, 5.41) is 0. The molecule has 0 aliphatic rings. The first kappa shape index (κ1) is 21.4. The highest BCUT2D eigenvalue weighted by Crippen LogP contribution is 2.25. The minimum Gasteiger partial charge on any atom is -0.497 e. The summed E-state index contributed by atoms with van der Waals surface area (Å²) in [7, 11) is -0.926. The van der Waals surface area contributed by atoms with E-state index < -0.39 is 16.0 Å². The Kier molecular flexibility index (Phi) is 5.83. The van der Waals surface area contributed by atoms with Gasteiger partial charge in [0, 0.05) is 7.05 Å². The number of aromatic nitrogens is 1. The molecular formula is C23H20N2O6S. The molecule has 0 amide bonds. The van der Waals surface area contributed by atoms with Crippen LogP contribution in [-0.2, 0) is 21.4 Å². The van der Waals surface area contributed by atoms with E-state index >= 15 is 0 Å². The lowest BCUT2D eigenvalue weighted by Gasteiger charge is -2.20. The molecule has 0 saturated carbocycles. The van der Waals surface area contributed by atoms with Gasteiger partial charge in [0.05, 0.1) is 23.3 Å². The van der Waals surface area contributed by atoms with E-state index in [0.717, 1.165) is 4.31 Å². The molecular weight excluding hydrogens is 432 g/mol. The van der Waals surface area contributed by atoms with E-state index in [-0.39, 0.29) is 23.0 Å². The minimum atomic E-state index is -3.90. The highest BCUT2D eigenvalue weighted by Gasteiger charge is 2.23. The molecule has 0 spiro atoms. The molecule has 4 aromatic rings. The van der Waals surface area contributed by atoms with E-state index in [1.807, 2.05) is 12.1 Å². The third-order valence-corrected chi connectivity index (χ3v) is 6.61. The quantitative estimate of drug-likeness (QED) is 0.391. The number of ether oxygens (including phenoxy) is 2. The molecule has 0 bridgehead atoms. The van der Waals surface area contributed by atoms with Crippen LogP contribution in [0.4, 0.5) is 5.69 Å². The lowest BCUT2D eigenvalue weighted by Crippen LogP contribution is -2.26. The third-order valence-electron chi connectivity index (χ3n) is 4.83. The molecule has 0 unspecified atom stereocenters. The fourth-order valence-electron chi connectivity index (χ4n) is 3.06. The summed E-state index contributed by atoms with van der Waals surface area (Å²) in [6, 6.07) is 19.5. The molecule has 32 heavy (non-hydrogen) atoms. The number of rotatable bonds is 7. The van der Waals surface area contributed by atoms with E-state index in [0.29, 0.717) is 22.5 Å². The molecule has 164 valence electrons. The summed E-state index contributed by atoms with van der Waals surface area (Å²) in [5.41, 5.74) is 1.81. The normalized spacial score (nSPS) is 11.3. The summed E-state index contributed by atoms with van der Waals surface area (Å²) < 4.78 is 43.1. The van der Waals surface area contributed by atoms with Crippen LogP contribution in [0.25, 0.3) is 11.1 Å². The van der Waals surface area contributed by atoms with Crippen molar-refractivity contribution in [1.29, 1.82) is 0 Å². The number of carbonyl (C=O) groups excluding carboxylic acids is 1. The van der Waals surface area contributed by atoms with Gasteiger partial charge in [0.2, 0.25) is 5.89 Å². The fourth-order valence-corrected chi connectivity index (χ4v) is 4.31. The highest BCUT2D eigenvalue weighted by atomic mass is 32.2. The number of methoxy groups -OCH3 is 1. The third kappa shape index (κ3) is 4.28. The van der Waals surface area contributed by atoms with Gasteiger partial charge in [-0.2, -0.15) is 0 Å². The molecule has 0 aliphatic heterocycles. The second kappa shape index (κ2) is 8.72. The first-order valence-corrected chi connectivity index (χ1v) is 11.1. The summed E-state index contributed by atoms with van der Waals surface area (Å²) in [4.78, 5) is 16.7. The van der Waals surface area contributed by atoms with Gasteiger partial charge in [-0.1, -0.05) is 18.2 Å². The average Bonchev–Trinajstić information content (AvgIpc) is 3.25. The molecule has 0 atom stereocenters. The Bertz CT molecular complexity index is 1330. The number of para-hydroxylation sites is 2. The van der Waals surface area contributed by atoms with Gasteiger partial charge in [0.25, 0.3) is 10.0 Å². The SMILES string of the molecule is COc1ccc(N(C)S(=O)(=O)c2cccc(C(=O)OCc3nc4ccccc4o3)c2)cc1. The number of esters is 1. The van der Waals surface area contributed by atoms with Crippen molar-refractivity contribution in [3.8, 4) is 5.75 Å². The molecule has 0 fully saturated rings. The summed E-state index contributed by atoms with van der Waals surface area (Å²) >= 11 is 0. The fraction of sp³-hybridized carbons (Fsp3) is 0.130. The number of nitrogens with zero attached hydrogens (tertiary/aromatic N) is 2. The van der Waals surface area contributed by atoms with Crippen LogP contribution in [0.1, 0.15) is 16.2 Å². The second-order valence-electron chi connectivity index (χ2n) is 6.85. The zero-order valence-electron chi connectivity index (χ0n) is 17.4. The topological polar surface area (TPSA) is 98.9 Å². The molecule has 0 saturated heterocycles. The predicted molar refractivity (Wildman–Crippen MR) is 118 cm³/mol. The van der Waals surface area contributed by atoms with Gasteiger partial charge in [-0.15, -0.1) is 0 Å². The van der Waals surface area contributed by atoms with Crippen LogP contribution in [-0.4, -0.2) is 33.5 Å². The largest absolute Gasteiger partial charge is 0.497 e. The average molecular weight is 452 g/mol. The van der Waals surface area contributed by atoms with Crippen molar-refractivity contribution in [2.45, 2.75) is 11.5 Å². The molecule has 0 N–H and O–H groups in total. The zero-order valence-corrected chi connectivity index (χ0v) is 18.2. The van der Waals surface area contributed by atoms with E-state index in [1.165, 1.54) is 38.4 Å². The molecule has 8 nitrogen and oxygen atoms in total. The number of hydrogen-bond acceptors (Lipinski definition) is 7. The Morgan fingerprint density at radius 3 is 2.50 bits per heavy atom. The van der Waals surface area contributed by atoms with E-state index in [2.05, 4.69) is 4.98 Å². The number of benzene rings is 3. The number of fused-ring (bicyclic) bond motifs is 1. The molecule has 0 aliphatic carbocycles. The van der Waals surface area contributed by atoms with Crippen LogP contribution in [0.3, 0.4) is 0 Å². The monoisotopic (exact) mass is 452 g/mol. The van der Waals surface area contributed by atoms with Gasteiger partial charge in [0.15, 0.2) is 12.2 Å². The number of anilines is 1. The van der Waals surface area contributed by atoms with Crippen molar-refractivity contribution in [3.05, 3.63) is 84.3 Å². The molecule has 9 heteroatoms. The van der Waals surface area contributed by atoms with Crippen molar-refractivity contribution in [3.63, 3.8) is 0 Å². The molecule has 1 heterocycles. The minimum absolute atomic E-state index is 0.0351. The summed E-state index contributed by atoms with van der Waals surface area (Å²) in [6.07, 6.45) is 0. The zero-order chi connectivity index (χ0) is 22.7. The van der Waals surface area contributed by atoms with Crippen molar-refractivity contribution >= 4 is 32.8 Å². The Labute approximate surface area is 185 Å². The van der Waals surface area contributed by atoms with Crippen molar-refractivity contribution in [2.24, 2.45) is 0 Å². The number of carbonyl (C=O) groups is 1. The van der Waals surface area contributed by atoms with Crippen LogP contribution in [0.15, 0.2) is 82.1 Å². The number of hydrogen-bond donors (Lipinski definition) is 0. The Hall–Kier alpha value is -3.85. The van der Waals surface area contributed by atoms with Gasteiger partial charge < -0.3 is 13.9 Å². The van der Waals surface area contributed by atoms with Gasteiger partial charge >= 0.3 is 5.97 Å². The maximum Gasteiger partial charge on any atom is 0.338 e. The van der Waals surface area contributed by atoms with Crippen LogP contribution in [0.2, 0.25) is 0 Å². The van der Waals surface area contributed by atoms with Gasteiger partial charge in [-0.05, 0) is 54.6 Å². The smallest absolute Gasteiger partial charge is 0.338 e. The molecule has 4 rings (SSSR count). The molecule has 1 aromatic heterocycles. The van der Waals surface area contributed by atoms with Crippen molar-refractivity contribution in [1.82, 2.24) is 4.98 Å². The Morgan fingerprint density at radius 2 is 1.78 bits per heavy atom. The maximum atomic E-state index is 13.1. The van der Waals surface area contributed by atoms with Crippen molar-refractivity contribution < 1.29 is 27.1 Å². The van der Waals surface area contributed by atoms with Crippen LogP contribution in [0.5, 0.6) is 5.75 Å². The first-order valence-electron chi connectivity index (χ1n) is 9.63. The lowest BCUT2D eigenvalue weighted by atomic mass is 10.2. The van der Waals surface area contributed by atoms with E-state index in [9.17, 15) is 13.2 Å². The predicted octanol–water partition coefficient (Wildman–Crippen LogP) is 4.02. The maximum absolute atomic E-state index is 13.1. The Morgan fingerprint density at radius 1 is 1.03 bits per heavy atom. The highest BCUT2D eigenvalue weighted by molar-refractivity contribution is 7.92. The molecule has 0 radical (unpaired) electrons. The number of oxazole rings is 1. The van der Waals surface area contributed by atoms with Crippen LogP contribution < -0.4 is 9.04 Å².